The van der Waals surface area contributed by atoms with Gasteiger partial charge in [0.05, 0.1) is 6.10 Å². The molecule has 0 unspecified atom stereocenters. The minimum atomic E-state index is -0.534. The second-order valence-corrected chi connectivity index (χ2v) is 7.88. The number of carbonyl (C=O) groups is 1. The van der Waals surface area contributed by atoms with Crippen molar-refractivity contribution in [1.82, 2.24) is 15.0 Å². The van der Waals surface area contributed by atoms with Crippen molar-refractivity contribution in [2.75, 3.05) is 6.54 Å². The highest BCUT2D eigenvalue weighted by Gasteiger charge is 2.38. The molecule has 1 aliphatic rings. The summed E-state index contributed by atoms with van der Waals surface area (Å²) in [7, 11) is 0. The molecule has 7 heteroatoms. The number of hydrogen-bond acceptors (Lipinski definition) is 6. The van der Waals surface area contributed by atoms with Gasteiger partial charge < -0.3 is 14.5 Å². The van der Waals surface area contributed by atoms with Crippen LogP contribution in [0.25, 0.3) is 0 Å². The largest absolute Gasteiger partial charge is 0.391 e. The van der Waals surface area contributed by atoms with Crippen LogP contribution in [0.5, 0.6) is 0 Å². The monoisotopic (exact) mass is 349 g/mol. The number of aliphatic hydroxyl groups is 1. The molecular weight excluding hydrogens is 326 g/mol. The predicted octanol–water partition coefficient (Wildman–Crippen LogP) is 2.71. The average molecular weight is 349 g/mol. The molecule has 6 nitrogen and oxygen atoms in total. The van der Waals surface area contributed by atoms with Crippen LogP contribution in [0.4, 0.5) is 0 Å². The van der Waals surface area contributed by atoms with E-state index in [0.717, 1.165) is 12.8 Å². The molecule has 1 saturated heterocycles. The lowest BCUT2D eigenvalue weighted by Crippen LogP contribution is -2.31. The fourth-order valence-corrected chi connectivity index (χ4v) is 4.25. The quantitative estimate of drug-likeness (QED) is 0.898. The average Bonchev–Trinajstić information content (AvgIpc) is 3.19. The van der Waals surface area contributed by atoms with Crippen molar-refractivity contribution in [3.05, 3.63) is 33.1 Å². The topological polar surface area (TPSA) is 79.5 Å². The SMILES string of the molecule is Cc1noc([C@H]2C[C@H](O)CN2C(=O)CCCc2cc(C)sc2C)n1. The maximum absolute atomic E-state index is 12.6. The smallest absolute Gasteiger partial charge is 0.249 e. The highest BCUT2D eigenvalue weighted by Crippen LogP contribution is 2.32. The summed E-state index contributed by atoms with van der Waals surface area (Å²) in [5.74, 6) is 1.00. The summed E-state index contributed by atoms with van der Waals surface area (Å²) in [6.45, 7) is 6.31. The molecule has 2 aromatic heterocycles. The van der Waals surface area contributed by atoms with Crippen LogP contribution in [-0.2, 0) is 11.2 Å². The Morgan fingerprint density at radius 3 is 2.88 bits per heavy atom. The fraction of sp³-hybridized carbons (Fsp3) is 0.588. The third-order valence-electron chi connectivity index (χ3n) is 4.41. The maximum atomic E-state index is 12.6. The van der Waals surface area contributed by atoms with Crippen molar-refractivity contribution in [3.8, 4) is 0 Å². The number of likely N-dealkylation sites (tertiary alicyclic amines) is 1. The molecular formula is C17H23N3O3S. The summed E-state index contributed by atoms with van der Waals surface area (Å²) in [4.78, 5) is 21.1. The predicted molar refractivity (Wildman–Crippen MR) is 90.8 cm³/mol. The van der Waals surface area contributed by atoms with E-state index in [-0.39, 0.29) is 11.9 Å². The van der Waals surface area contributed by atoms with Gasteiger partial charge in [-0.25, -0.2) is 0 Å². The second-order valence-electron chi connectivity index (χ2n) is 6.42. The van der Waals surface area contributed by atoms with Gasteiger partial charge in [0.25, 0.3) is 0 Å². The molecule has 2 atom stereocenters. The Bertz CT molecular complexity index is 724. The van der Waals surface area contributed by atoms with E-state index in [2.05, 4.69) is 30.1 Å². The number of aliphatic hydroxyl groups excluding tert-OH is 1. The van der Waals surface area contributed by atoms with Gasteiger partial charge in [0, 0.05) is 29.1 Å². The number of rotatable bonds is 5. The molecule has 0 aromatic carbocycles. The first-order valence-corrected chi connectivity index (χ1v) is 9.09. The first kappa shape index (κ1) is 17.1. The van der Waals surface area contributed by atoms with Crippen LogP contribution in [0.3, 0.4) is 0 Å². The number of amides is 1. The van der Waals surface area contributed by atoms with Crippen LogP contribution < -0.4 is 0 Å². The summed E-state index contributed by atoms with van der Waals surface area (Å²) in [5.41, 5.74) is 1.33. The van der Waals surface area contributed by atoms with Crippen molar-refractivity contribution in [2.24, 2.45) is 0 Å². The number of aromatic nitrogens is 2. The lowest BCUT2D eigenvalue weighted by atomic mass is 10.1. The Morgan fingerprint density at radius 1 is 1.46 bits per heavy atom. The molecule has 1 N–H and O–H groups in total. The third kappa shape index (κ3) is 3.67. The molecule has 1 fully saturated rings. The first-order valence-electron chi connectivity index (χ1n) is 8.27. The van der Waals surface area contributed by atoms with Crippen molar-refractivity contribution in [3.63, 3.8) is 0 Å². The van der Waals surface area contributed by atoms with E-state index >= 15 is 0 Å². The van der Waals surface area contributed by atoms with Gasteiger partial charge in [-0.2, -0.15) is 4.98 Å². The van der Waals surface area contributed by atoms with E-state index in [1.807, 2.05) is 0 Å². The molecule has 130 valence electrons. The van der Waals surface area contributed by atoms with Gasteiger partial charge in [-0.1, -0.05) is 5.16 Å². The summed E-state index contributed by atoms with van der Waals surface area (Å²) < 4.78 is 5.20. The zero-order chi connectivity index (χ0) is 17.3. The summed E-state index contributed by atoms with van der Waals surface area (Å²) >= 11 is 1.80. The van der Waals surface area contributed by atoms with Gasteiger partial charge in [-0.05, 0) is 45.2 Å². The highest BCUT2D eigenvalue weighted by atomic mass is 32.1. The van der Waals surface area contributed by atoms with Gasteiger partial charge in [0.2, 0.25) is 11.8 Å². The Hall–Kier alpha value is -1.73. The molecule has 0 radical (unpaired) electrons. The summed E-state index contributed by atoms with van der Waals surface area (Å²) in [5, 5.41) is 13.7. The number of thiophene rings is 1. The van der Waals surface area contributed by atoms with E-state index in [4.69, 9.17) is 4.52 Å². The fourth-order valence-electron chi connectivity index (χ4n) is 3.28. The highest BCUT2D eigenvalue weighted by molar-refractivity contribution is 7.12. The lowest BCUT2D eigenvalue weighted by molar-refractivity contribution is -0.133. The van der Waals surface area contributed by atoms with Gasteiger partial charge in [0.15, 0.2) is 5.82 Å². The normalized spacial score (nSPS) is 20.8. The third-order valence-corrected chi connectivity index (χ3v) is 5.42. The Morgan fingerprint density at radius 2 is 2.25 bits per heavy atom. The molecule has 0 aliphatic carbocycles. The van der Waals surface area contributed by atoms with Crippen molar-refractivity contribution >= 4 is 17.2 Å². The number of carbonyl (C=O) groups excluding carboxylic acids is 1. The molecule has 1 aliphatic heterocycles. The lowest BCUT2D eigenvalue weighted by Gasteiger charge is -2.21. The molecule has 1 amide bonds. The van der Waals surface area contributed by atoms with E-state index in [9.17, 15) is 9.90 Å². The van der Waals surface area contributed by atoms with Crippen LogP contribution in [0.1, 0.15) is 52.3 Å². The van der Waals surface area contributed by atoms with Crippen LogP contribution in [-0.4, -0.2) is 38.7 Å². The van der Waals surface area contributed by atoms with Gasteiger partial charge in [0.1, 0.15) is 6.04 Å². The second kappa shape index (κ2) is 7.03. The van der Waals surface area contributed by atoms with E-state index in [1.54, 1.807) is 23.2 Å². The van der Waals surface area contributed by atoms with Crippen LogP contribution in [0.15, 0.2) is 10.6 Å². The standard InChI is InChI=1S/C17H23N3O3S/c1-10-7-13(11(2)24-10)5-4-6-16(22)20-9-14(21)8-15(20)17-18-12(3)19-23-17/h7,14-15,21H,4-6,8-9H2,1-3H3/t14-,15+/m0/s1. The minimum absolute atomic E-state index is 0.0389. The van der Waals surface area contributed by atoms with Gasteiger partial charge >= 0.3 is 0 Å². The zero-order valence-corrected chi connectivity index (χ0v) is 15.1. The summed E-state index contributed by atoms with van der Waals surface area (Å²) in [6, 6.07) is 1.90. The molecule has 24 heavy (non-hydrogen) atoms. The zero-order valence-electron chi connectivity index (χ0n) is 14.3. The molecule has 0 bridgehead atoms. The molecule has 0 spiro atoms. The van der Waals surface area contributed by atoms with Crippen molar-refractivity contribution in [1.29, 1.82) is 0 Å². The van der Waals surface area contributed by atoms with Crippen LogP contribution >= 0.6 is 11.3 Å². The summed E-state index contributed by atoms with van der Waals surface area (Å²) in [6.07, 6.45) is 2.09. The molecule has 3 rings (SSSR count). The van der Waals surface area contributed by atoms with E-state index in [0.29, 0.717) is 31.1 Å². The Balaban J connectivity index is 1.59. The number of aryl methyl sites for hydroxylation is 4. The van der Waals surface area contributed by atoms with E-state index < -0.39 is 6.10 Å². The number of β-amino-alcohol motifs (C(OH)–C–C–N with tert-alkyl or cyclic N) is 1. The van der Waals surface area contributed by atoms with Crippen LogP contribution in [0, 0.1) is 20.8 Å². The minimum Gasteiger partial charge on any atom is -0.391 e. The van der Waals surface area contributed by atoms with Crippen molar-refractivity contribution < 1.29 is 14.4 Å². The van der Waals surface area contributed by atoms with Crippen LogP contribution in [0.2, 0.25) is 0 Å². The molecule has 0 saturated carbocycles. The Kier molecular flexibility index (Phi) is 5.01. The number of nitrogens with zero attached hydrogens (tertiary/aromatic N) is 3. The van der Waals surface area contributed by atoms with Gasteiger partial charge in [-0.3, -0.25) is 4.79 Å². The maximum Gasteiger partial charge on any atom is 0.249 e. The van der Waals surface area contributed by atoms with Gasteiger partial charge in [-0.15, -0.1) is 11.3 Å². The van der Waals surface area contributed by atoms with Crippen molar-refractivity contribution in [2.45, 2.75) is 58.6 Å². The number of hydrogen-bond donors (Lipinski definition) is 1. The molecule has 2 aromatic rings. The molecule has 3 heterocycles. The Labute approximate surface area is 145 Å². The van der Waals surface area contributed by atoms with E-state index in [1.165, 1.54) is 15.3 Å². The first-order chi connectivity index (χ1) is 11.4.